The van der Waals surface area contributed by atoms with Crippen molar-refractivity contribution >= 4 is 57.8 Å². The normalized spacial score (nSPS) is 12.9. The topological polar surface area (TPSA) is 112 Å². The summed E-state index contributed by atoms with van der Waals surface area (Å²) in [5, 5.41) is 16.0. The molecule has 0 spiro atoms. The van der Waals surface area contributed by atoms with Gasteiger partial charge in [0.15, 0.2) is 0 Å². The molecule has 3 aromatic rings. The number of thioether (sulfide) groups is 1. The number of ether oxygens (including phenoxy) is 1. The van der Waals surface area contributed by atoms with Gasteiger partial charge in [-0.3, -0.25) is 9.59 Å². The molecule has 8 nitrogen and oxygen atoms in total. The maximum atomic E-state index is 12.8. The second-order valence-electron chi connectivity index (χ2n) is 10.1. The van der Waals surface area contributed by atoms with Crippen LogP contribution in [0.1, 0.15) is 42.3 Å². The summed E-state index contributed by atoms with van der Waals surface area (Å²) in [6.07, 6.45) is 3.35. The summed E-state index contributed by atoms with van der Waals surface area (Å²) in [4.78, 5) is 40.9. The van der Waals surface area contributed by atoms with E-state index in [9.17, 15) is 19.6 Å². The molecule has 2 heterocycles. The van der Waals surface area contributed by atoms with Gasteiger partial charge in [0.1, 0.15) is 16.7 Å². The summed E-state index contributed by atoms with van der Waals surface area (Å²) in [7, 11) is 0. The van der Waals surface area contributed by atoms with Gasteiger partial charge in [-0.15, -0.1) is 23.1 Å². The molecule has 0 bridgehead atoms. The first-order valence-electron chi connectivity index (χ1n) is 12.7. The predicted molar refractivity (Wildman–Crippen MR) is 159 cm³/mol. The number of hydrogen-bond acceptors (Lipinski definition) is 7. The van der Waals surface area contributed by atoms with E-state index in [0.29, 0.717) is 35.8 Å². The van der Waals surface area contributed by atoms with Gasteiger partial charge in [0.05, 0.1) is 17.9 Å². The maximum Gasteiger partial charge on any atom is 0.410 e. The molecule has 4 rings (SSSR count). The number of nitriles is 1. The Morgan fingerprint density at radius 1 is 1.12 bits per heavy atom. The number of carbonyl (C=O) groups excluding carboxylic acids is 3. The van der Waals surface area contributed by atoms with Crippen LogP contribution >= 0.6 is 23.1 Å². The first kappa shape index (κ1) is 28.9. The van der Waals surface area contributed by atoms with Crippen LogP contribution in [0.3, 0.4) is 0 Å². The van der Waals surface area contributed by atoms with Crippen LogP contribution in [-0.4, -0.2) is 40.7 Å². The quantitative estimate of drug-likeness (QED) is 0.253. The number of anilines is 2. The van der Waals surface area contributed by atoms with Gasteiger partial charge in [-0.2, -0.15) is 5.26 Å². The van der Waals surface area contributed by atoms with Gasteiger partial charge < -0.3 is 20.3 Å². The molecule has 0 radical (unpaired) electrons. The maximum absolute atomic E-state index is 12.8. The lowest BCUT2D eigenvalue weighted by Gasteiger charge is -2.29. The summed E-state index contributed by atoms with van der Waals surface area (Å²) in [6.45, 7) is 6.25. The van der Waals surface area contributed by atoms with Crippen molar-refractivity contribution in [3.8, 4) is 6.07 Å². The number of rotatable bonds is 7. The molecular weight excluding hydrogens is 544 g/mol. The Labute approximate surface area is 242 Å². The molecule has 40 heavy (non-hydrogen) atoms. The van der Waals surface area contributed by atoms with E-state index < -0.39 is 11.7 Å². The summed E-state index contributed by atoms with van der Waals surface area (Å²) in [6, 6.07) is 19.0. The van der Waals surface area contributed by atoms with Crippen LogP contribution in [0.25, 0.3) is 6.08 Å². The molecule has 0 atom stereocenters. The molecule has 2 N–H and O–H groups in total. The number of nitrogens with zero attached hydrogens (tertiary/aromatic N) is 2. The Balaban J connectivity index is 1.33. The number of amides is 3. The Hall–Kier alpha value is -4.07. The van der Waals surface area contributed by atoms with E-state index in [4.69, 9.17) is 4.74 Å². The summed E-state index contributed by atoms with van der Waals surface area (Å²) < 4.78 is 5.48. The molecular formula is C30H30N4O4S2. The van der Waals surface area contributed by atoms with E-state index in [1.54, 1.807) is 17.0 Å². The van der Waals surface area contributed by atoms with Gasteiger partial charge >= 0.3 is 6.09 Å². The van der Waals surface area contributed by atoms with Crippen LogP contribution in [0.4, 0.5) is 15.5 Å². The lowest BCUT2D eigenvalue weighted by molar-refractivity contribution is -0.114. The predicted octanol–water partition coefficient (Wildman–Crippen LogP) is 6.30. The smallest absolute Gasteiger partial charge is 0.410 e. The highest BCUT2D eigenvalue weighted by molar-refractivity contribution is 8.00. The third kappa shape index (κ3) is 7.97. The van der Waals surface area contributed by atoms with Crippen molar-refractivity contribution in [2.24, 2.45) is 0 Å². The van der Waals surface area contributed by atoms with Crippen LogP contribution in [0.2, 0.25) is 0 Å². The molecule has 206 valence electrons. The first-order valence-corrected chi connectivity index (χ1v) is 14.5. The second-order valence-corrected chi connectivity index (χ2v) is 12.2. The summed E-state index contributed by atoms with van der Waals surface area (Å²) in [5.74, 6) is -0.369. The Kier molecular flexibility index (Phi) is 9.30. The third-order valence-electron chi connectivity index (χ3n) is 5.77. The fourth-order valence-corrected chi connectivity index (χ4v) is 5.97. The molecule has 2 aromatic carbocycles. The Morgan fingerprint density at radius 2 is 1.90 bits per heavy atom. The lowest BCUT2D eigenvalue weighted by Crippen LogP contribution is -2.39. The number of benzene rings is 2. The Bertz CT molecular complexity index is 1470. The molecule has 1 aliphatic rings. The van der Waals surface area contributed by atoms with E-state index in [1.165, 1.54) is 29.2 Å². The fourth-order valence-electron chi connectivity index (χ4n) is 3.99. The largest absolute Gasteiger partial charge is 0.444 e. The zero-order chi connectivity index (χ0) is 28.7. The Morgan fingerprint density at radius 3 is 2.62 bits per heavy atom. The lowest BCUT2D eigenvalue weighted by atomic mass is 10.0. The first-order chi connectivity index (χ1) is 19.1. The third-order valence-corrected chi connectivity index (χ3v) is 7.90. The minimum Gasteiger partial charge on any atom is -0.444 e. The van der Waals surface area contributed by atoms with Crippen molar-refractivity contribution < 1.29 is 19.1 Å². The van der Waals surface area contributed by atoms with Crippen molar-refractivity contribution in [1.82, 2.24) is 4.90 Å². The standard InChI is InChI=1S/C30H30N4O4S2/c1-30(2,3)38-29(37)34-15-14-23-24(17-31)28(40-25(23)18-34)33-27(36)19-39-22-11-7-10-21(16-22)32-26(35)13-12-20-8-5-4-6-9-20/h4-13,16H,14-15,18-19H2,1-3H3,(H,32,35)(H,33,36)/b13-12+. The SMILES string of the molecule is CC(C)(C)OC(=O)N1CCc2c(sc(NC(=O)CSc3cccc(NC(=O)/C=C/c4ccccc4)c3)c2C#N)C1. The van der Waals surface area contributed by atoms with E-state index in [-0.39, 0.29) is 17.6 Å². The minimum absolute atomic E-state index is 0.128. The second kappa shape index (κ2) is 12.9. The molecule has 1 aliphatic heterocycles. The molecule has 0 unspecified atom stereocenters. The average molecular weight is 575 g/mol. The molecule has 0 saturated heterocycles. The highest BCUT2D eigenvalue weighted by Gasteiger charge is 2.30. The summed E-state index contributed by atoms with van der Waals surface area (Å²) in [5.41, 5.74) is 2.29. The van der Waals surface area contributed by atoms with Gasteiger partial charge in [0.25, 0.3) is 0 Å². The number of hydrogen-bond donors (Lipinski definition) is 2. The van der Waals surface area contributed by atoms with Gasteiger partial charge in [-0.1, -0.05) is 36.4 Å². The van der Waals surface area contributed by atoms with E-state index in [2.05, 4.69) is 16.7 Å². The fraction of sp³-hybridized carbons (Fsp3) is 0.267. The summed E-state index contributed by atoms with van der Waals surface area (Å²) >= 11 is 2.65. The van der Waals surface area contributed by atoms with Gasteiger partial charge in [0, 0.05) is 28.1 Å². The number of thiophene rings is 1. The minimum atomic E-state index is -0.591. The van der Waals surface area contributed by atoms with Crippen LogP contribution in [0.15, 0.2) is 65.6 Å². The van der Waals surface area contributed by atoms with Crippen molar-refractivity contribution in [1.29, 1.82) is 5.26 Å². The molecule has 0 saturated carbocycles. The van der Waals surface area contributed by atoms with Crippen LogP contribution in [0.5, 0.6) is 0 Å². The van der Waals surface area contributed by atoms with E-state index in [0.717, 1.165) is 20.9 Å². The molecule has 0 fully saturated rings. The highest BCUT2D eigenvalue weighted by Crippen LogP contribution is 2.37. The number of fused-ring (bicyclic) bond motifs is 1. The van der Waals surface area contributed by atoms with Crippen LogP contribution in [-0.2, 0) is 27.3 Å². The van der Waals surface area contributed by atoms with Gasteiger partial charge in [-0.25, -0.2) is 4.79 Å². The average Bonchev–Trinajstić information content (AvgIpc) is 3.26. The zero-order valence-electron chi connectivity index (χ0n) is 22.5. The van der Waals surface area contributed by atoms with E-state index >= 15 is 0 Å². The van der Waals surface area contributed by atoms with Gasteiger partial charge in [0.2, 0.25) is 11.8 Å². The number of nitrogens with one attached hydrogen (secondary N) is 2. The van der Waals surface area contributed by atoms with Crippen molar-refractivity contribution in [3.63, 3.8) is 0 Å². The van der Waals surface area contributed by atoms with Gasteiger partial charge in [-0.05, 0) is 62.6 Å². The van der Waals surface area contributed by atoms with Crippen molar-refractivity contribution in [2.45, 2.75) is 44.2 Å². The molecule has 3 amide bonds. The van der Waals surface area contributed by atoms with Crippen molar-refractivity contribution in [2.75, 3.05) is 22.9 Å². The monoisotopic (exact) mass is 574 g/mol. The zero-order valence-corrected chi connectivity index (χ0v) is 24.2. The number of carbonyl (C=O) groups is 3. The molecule has 1 aromatic heterocycles. The molecule has 10 heteroatoms. The van der Waals surface area contributed by atoms with E-state index in [1.807, 2.05) is 69.3 Å². The van der Waals surface area contributed by atoms with Crippen LogP contribution in [0, 0.1) is 11.3 Å². The van der Waals surface area contributed by atoms with Crippen molar-refractivity contribution in [3.05, 3.63) is 82.2 Å². The highest BCUT2D eigenvalue weighted by atomic mass is 32.2. The molecule has 0 aliphatic carbocycles. The van der Waals surface area contributed by atoms with Crippen LogP contribution < -0.4 is 10.6 Å².